The molecule has 0 aromatic carbocycles. The van der Waals surface area contributed by atoms with E-state index in [0.29, 0.717) is 0 Å². The number of fused-ring (bicyclic) bond motifs is 1. The number of imidazole rings is 1. The van der Waals surface area contributed by atoms with Crippen molar-refractivity contribution in [3.63, 3.8) is 0 Å². The summed E-state index contributed by atoms with van der Waals surface area (Å²) in [6.45, 7) is 0. The van der Waals surface area contributed by atoms with Crippen molar-refractivity contribution in [1.29, 1.82) is 0 Å². The largest absolute Gasteiger partial charge is 0.242 e. The summed E-state index contributed by atoms with van der Waals surface area (Å²) in [6, 6.07) is 2.07. The van der Waals surface area contributed by atoms with E-state index in [-0.39, 0.29) is 0 Å². The third kappa shape index (κ3) is 1.59. The molecule has 0 aliphatic rings. The average Bonchev–Trinajstić information content (AvgIpc) is 3.13. The number of thiazole rings is 1. The average molecular weight is 290 g/mol. The van der Waals surface area contributed by atoms with Gasteiger partial charge in [0.05, 0.1) is 17.4 Å². The predicted molar refractivity (Wildman–Crippen MR) is 75.3 cm³/mol. The van der Waals surface area contributed by atoms with Gasteiger partial charge in [-0.15, -0.1) is 11.3 Å². The molecule has 4 heterocycles. The normalized spacial score (nSPS) is 11.3. The van der Waals surface area contributed by atoms with Crippen LogP contribution in [-0.2, 0) is 0 Å². The highest BCUT2D eigenvalue weighted by Crippen LogP contribution is 2.28. The SMILES string of the molecule is c1cc(-c2cn3nc(-c4cscn4)sc3n2)cs1. The Morgan fingerprint density at radius 3 is 2.83 bits per heavy atom. The third-order valence-electron chi connectivity index (χ3n) is 2.51. The van der Waals surface area contributed by atoms with Crippen molar-refractivity contribution in [3.05, 3.63) is 33.9 Å². The van der Waals surface area contributed by atoms with Crippen molar-refractivity contribution in [2.24, 2.45) is 0 Å². The van der Waals surface area contributed by atoms with E-state index in [4.69, 9.17) is 0 Å². The topological polar surface area (TPSA) is 43.1 Å². The van der Waals surface area contributed by atoms with E-state index in [1.165, 1.54) is 0 Å². The quantitative estimate of drug-likeness (QED) is 0.566. The van der Waals surface area contributed by atoms with Gasteiger partial charge in [0.15, 0.2) is 5.01 Å². The maximum Gasteiger partial charge on any atom is 0.213 e. The number of hydrogen-bond acceptors (Lipinski definition) is 6. The molecule has 0 aliphatic carbocycles. The van der Waals surface area contributed by atoms with Crippen LogP contribution < -0.4 is 0 Å². The van der Waals surface area contributed by atoms with E-state index in [2.05, 4.69) is 31.9 Å². The Hall–Kier alpha value is -1.57. The molecule has 4 aromatic rings. The summed E-state index contributed by atoms with van der Waals surface area (Å²) in [7, 11) is 0. The van der Waals surface area contributed by atoms with Crippen LogP contribution in [0, 0.1) is 0 Å². The van der Waals surface area contributed by atoms with E-state index >= 15 is 0 Å². The van der Waals surface area contributed by atoms with E-state index in [9.17, 15) is 0 Å². The molecule has 0 saturated heterocycles. The Morgan fingerprint density at radius 2 is 2.11 bits per heavy atom. The summed E-state index contributed by atoms with van der Waals surface area (Å²) in [4.78, 5) is 9.75. The fourth-order valence-corrected chi connectivity index (χ4v) is 3.78. The monoisotopic (exact) mass is 290 g/mol. The van der Waals surface area contributed by atoms with Gasteiger partial charge in [-0.05, 0) is 11.4 Å². The number of thiophene rings is 1. The van der Waals surface area contributed by atoms with Crippen molar-refractivity contribution in [2.45, 2.75) is 0 Å². The van der Waals surface area contributed by atoms with Gasteiger partial charge in [0.1, 0.15) is 5.69 Å². The minimum Gasteiger partial charge on any atom is -0.242 e. The molecule has 0 fully saturated rings. The molecule has 4 nitrogen and oxygen atoms in total. The summed E-state index contributed by atoms with van der Waals surface area (Å²) >= 11 is 4.81. The highest BCUT2D eigenvalue weighted by molar-refractivity contribution is 7.20. The van der Waals surface area contributed by atoms with Crippen LogP contribution in [0.4, 0.5) is 0 Å². The van der Waals surface area contributed by atoms with Gasteiger partial charge >= 0.3 is 0 Å². The summed E-state index contributed by atoms with van der Waals surface area (Å²) in [5.74, 6) is 0. The first-order valence-electron chi connectivity index (χ1n) is 5.17. The van der Waals surface area contributed by atoms with Crippen LogP contribution in [0.1, 0.15) is 0 Å². The van der Waals surface area contributed by atoms with Gasteiger partial charge in [0.25, 0.3) is 0 Å². The summed E-state index contributed by atoms with van der Waals surface area (Å²) in [5, 5.41) is 11.6. The third-order valence-corrected chi connectivity index (χ3v) is 4.73. The Labute approximate surface area is 114 Å². The zero-order valence-corrected chi connectivity index (χ0v) is 11.4. The molecule has 7 heteroatoms. The van der Waals surface area contributed by atoms with Gasteiger partial charge < -0.3 is 0 Å². The van der Waals surface area contributed by atoms with Gasteiger partial charge in [-0.3, -0.25) is 0 Å². The summed E-state index contributed by atoms with van der Waals surface area (Å²) in [6.07, 6.45) is 1.96. The van der Waals surface area contributed by atoms with Crippen molar-refractivity contribution < 1.29 is 0 Å². The van der Waals surface area contributed by atoms with E-state index < -0.39 is 0 Å². The van der Waals surface area contributed by atoms with Crippen LogP contribution in [0.2, 0.25) is 0 Å². The lowest BCUT2D eigenvalue weighted by molar-refractivity contribution is 0.976. The minimum atomic E-state index is 0.902. The van der Waals surface area contributed by atoms with E-state index in [1.54, 1.807) is 34.0 Å². The van der Waals surface area contributed by atoms with Gasteiger partial charge in [-0.25, -0.2) is 14.5 Å². The molecule has 4 rings (SSSR count). The predicted octanol–water partition coefficient (Wildman–Crippen LogP) is 3.64. The lowest BCUT2D eigenvalue weighted by atomic mass is 10.3. The fraction of sp³-hybridized carbons (Fsp3) is 0. The molecule has 0 amide bonds. The zero-order chi connectivity index (χ0) is 11.9. The van der Waals surface area contributed by atoms with E-state index in [0.717, 1.165) is 26.9 Å². The number of nitrogens with zero attached hydrogens (tertiary/aromatic N) is 4. The second-order valence-electron chi connectivity index (χ2n) is 3.65. The first kappa shape index (κ1) is 10.4. The highest BCUT2D eigenvalue weighted by atomic mass is 32.1. The second-order valence-corrected chi connectivity index (χ2v) is 6.10. The van der Waals surface area contributed by atoms with Crippen molar-refractivity contribution >= 4 is 39.0 Å². The Kier molecular flexibility index (Phi) is 2.29. The molecule has 0 saturated carbocycles. The van der Waals surface area contributed by atoms with Crippen molar-refractivity contribution in [1.82, 2.24) is 19.6 Å². The van der Waals surface area contributed by atoms with Gasteiger partial charge in [-0.2, -0.15) is 16.4 Å². The lowest BCUT2D eigenvalue weighted by Crippen LogP contribution is -1.81. The van der Waals surface area contributed by atoms with Gasteiger partial charge in [0, 0.05) is 16.3 Å². The van der Waals surface area contributed by atoms with Crippen LogP contribution in [0.25, 0.3) is 26.9 Å². The second kappa shape index (κ2) is 3.98. The van der Waals surface area contributed by atoms with Gasteiger partial charge in [-0.1, -0.05) is 11.3 Å². The maximum absolute atomic E-state index is 4.59. The molecule has 88 valence electrons. The van der Waals surface area contributed by atoms with Gasteiger partial charge in [0.2, 0.25) is 4.96 Å². The minimum absolute atomic E-state index is 0.902. The van der Waals surface area contributed by atoms with Crippen molar-refractivity contribution in [2.75, 3.05) is 0 Å². The molecule has 0 N–H and O–H groups in total. The molecule has 0 bridgehead atoms. The Bertz CT molecular complexity index is 684. The van der Waals surface area contributed by atoms with E-state index in [1.807, 2.05) is 21.6 Å². The molecular weight excluding hydrogens is 284 g/mol. The number of aromatic nitrogens is 4. The molecule has 0 spiro atoms. The summed E-state index contributed by atoms with van der Waals surface area (Å²) in [5.41, 5.74) is 4.86. The highest BCUT2D eigenvalue weighted by Gasteiger charge is 2.12. The first-order chi connectivity index (χ1) is 8.90. The lowest BCUT2D eigenvalue weighted by Gasteiger charge is -1.87. The zero-order valence-electron chi connectivity index (χ0n) is 8.98. The molecule has 0 atom stereocenters. The fourth-order valence-electron chi connectivity index (χ4n) is 1.67. The molecular formula is C11H6N4S3. The maximum atomic E-state index is 4.59. The number of rotatable bonds is 2. The molecule has 0 unspecified atom stereocenters. The number of hydrogen-bond donors (Lipinski definition) is 0. The molecule has 0 aliphatic heterocycles. The molecule has 18 heavy (non-hydrogen) atoms. The molecule has 4 aromatic heterocycles. The molecule has 0 radical (unpaired) electrons. The Morgan fingerprint density at radius 1 is 1.11 bits per heavy atom. The standard InChI is InChI=1S/C11H6N4S3/c1-2-16-4-7(1)8-3-15-11(13-8)18-10(14-15)9-5-17-6-12-9/h1-6H. The van der Waals surface area contributed by atoms with Crippen LogP contribution in [0.5, 0.6) is 0 Å². The Balaban J connectivity index is 1.82. The van der Waals surface area contributed by atoms with Crippen LogP contribution in [0.15, 0.2) is 33.9 Å². The van der Waals surface area contributed by atoms with Crippen LogP contribution >= 0.6 is 34.0 Å². The van der Waals surface area contributed by atoms with Crippen LogP contribution in [0.3, 0.4) is 0 Å². The smallest absolute Gasteiger partial charge is 0.213 e. The van der Waals surface area contributed by atoms with Crippen LogP contribution in [-0.4, -0.2) is 19.6 Å². The van der Waals surface area contributed by atoms with Crippen molar-refractivity contribution in [3.8, 4) is 22.0 Å². The first-order valence-corrected chi connectivity index (χ1v) is 7.88. The summed E-state index contributed by atoms with van der Waals surface area (Å²) < 4.78 is 1.83.